The first-order valence-electron chi connectivity index (χ1n) is 9.40. The summed E-state index contributed by atoms with van der Waals surface area (Å²) in [6.07, 6.45) is 2.82. The van der Waals surface area contributed by atoms with Crippen molar-refractivity contribution >= 4 is 23.4 Å². The maximum Gasteiger partial charge on any atom is 0.346 e. The molecule has 2 amide bonds. The van der Waals surface area contributed by atoms with Gasteiger partial charge < -0.3 is 10.1 Å². The molecule has 0 spiro atoms. The Morgan fingerprint density at radius 1 is 1.13 bits per heavy atom. The Balaban J connectivity index is 1.65. The molecule has 0 aliphatic heterocycles. The fraction of sp³-hybridized carbons (Fsp3) is 0.190. The minimum atomic E-state index is -0.605. The molecule has 10 heteroatoms. The summed E-state index contributed by atoms with van der Waals surface area (Å²) >= 11 is 0. The lowest BCUT2D eigenvalue weighted by molar-refractivity contribution is -0.384. The zero-order valence-electron chi connectivity index (χ0n) is 17.2. The molecule has 1 heterocycles. The second-order valence-corrected chi connectivity index (χ2v) is 6.99. The number of esters is 1. The number of urea groups is 1. The van der Waals surface area contributed by atoms with E-state index < -0.39 is 10.9 Å². The molecule has 3 rings (SSSR count). The minimum Gasteiger partial charge on any atom is -0.423 e. The number of benzene rings is 2. The highest BCUT2D eigenvalue weighted by molar-refractivity contribution is 5.92. The summed E-state index contributed by atoms with van der Waals surface area (Å²) in [5.41, 5.74) is 1.39. The number of rotatable bonds is 6. The number of carbonyl (C=O) groups is 2. The molecule has 0 radical (unpaired) electrons. The molecule has 160 valence electrons. The first kappa shape index (κ1) is 21.5. The summed E-state index contributed by atoms with van der Waals surface area (Å²) in [7, 11) is 1.64. The molecular weight excluding hydrogens is 402 g/mol. The SMILES string of the molecule is CC(C)NC(=O)N(C)c1ccc(OC(=O)c2cnn(-c3ccc([N+](=O)[O-])cc3)c2)cc1. The highest BCUT2D eigenvalue weighted by Crippen LogP contribution is 2.20. The van der Waals surface area contributed by atoms with Crippen molar-refractivity contribution in [1.29, 1.82) is 0 Å². The number of ether oxygens (including phenoxy) is 1. The summed E-state index contributed by atoms with van der Waals surface area (Å²) in [6, 6.07) is 12.1. The largest absolute Gasteiger partial charge is 0.423 e. The molecule has 2 aromatic carbocycles. The smallest absolute Gasteiger partial charge is 0.346 e. The first-order chi connectivity index (χ1) is 14.7. The van der Waals surface area contributed by atoms with Gasteiger partial charge in [-0.25, -0.2) is 14.3 Å². The van der Waals surface area contributed by atoms with Gasteiger partial charge in [-0.15, -0.1) is 0 Å². The van der Waals surface area contributed by atoms with E-state index in [1.807, 2.05) is 13.8 Å². The molecule has 3 aromatic rings. The van der Waals surface area contributed by atoms with Crippen LogP contribution in [0.5, 0.6) is 5.75 Å². The van der Waals surface area contributed by atoms with E-state index in [0.717, 1.165) is 0 Å². The molecule has 1 N–H and O–H groups in total. The number of aromatic nitrogens is 2. The van der Waals surface area contributed by atoms with Crippen molar-refractivity contribution in [2.75, 3.05) is 11.9 Å². The lowest BCUT2D eigenvalue weighted by Gasteiger charge is -2.19. The van der Waals surface area contributed by atoms with Crippen molar-refractivity contribution in [2.24, 2.45) is 0 Å². The van der Waals surface area contributed by atoms with Crippen LogP contribution in [0, 0.1) is 10.1 Å². The lowest BCUT2D eigenvalue weighted by Crippen LogP contribution is -2.40. The predicted molar refractivity (Wildman–Crippen MR) is 114 cm³/mol. The Labute approximate surface area is 178 Å². The van der Waals surface area contributed by atoms with E-state index in [0.29, 0.717) is 17.1 Å². The average Bonchev–Trinajstić information content (AvgIpc) is 3.24. The summed E-state index contributed by atoms with van der Waals surface area (Å²) in [5.74, 6) is -0.290. The molecule has 0 aliphatic carbocycles. The standard InChI is InChI=1S/C21H21N5O5/c1-14(2)23-21(28)24(3)16-8-10-19(11-9-16)31-20(27)15-12-22-25(13-15)17-4-6-18(7-5-17)26(29)30/h4-14H,1-3H3,(H,23,28). The average molecular weight is 423 g/mol. The van der Waals surface area contributed by atoms with E-state index in [2.05, 4.69) is 10.4 Å². The van der Waals surface area contributed by atoms with E-state index in [-0.39, 0.29) is 23.3 Å². The zero-order chi connectivity index (χ0) is 22.5. The molecular formula is C21H21N5O5. The van der Waals surface area contributed by atoms with Gasteiger partial charge >= 0.3 is 12.0 Å². The summed E-state index contributed by atoms with van der Waals surface area (Å²) in [5, 5.41) is 17.6. The second-order valence-electron chi connectivity index (χ2n) is 6.99. The summed E-state index contributed by atoms with van der Waals surface area (Å²) in [4.78, 5) is 36.2. The van der Waals surface area contributed by atoms with Gasteiger partial charge in [0.2, 0.25) is 0 Å². The number of nitro benzene ring substituents is 1. The third-order valence-corrected chi connectivity index (χ3v) is 4.29. The quantitative estimate of drug-likeness (QED) is 0.280. The second kappa shape index (κ2) is 9.08. The van der Waals surface area contributed by atoms with Gasteiger partial charge in [-0.1, -0.05) is 0 Å². The van der Waals surface area contributed by atoms with Gasteiger partial charge in [0.25, 0.3) is 5.69 Å². The number of nitrogens with zero attached hydrogens (tertiary/aromatic N) is 4. The summed E-state index contributed by atoms with van der Waals surface area (Å²) in [6.45, 7) is 3.75. The van der Waals surface area contributed by atoms with Crippen LogP contribution in [-0.4, -0.2) is 39.8 Å². The maximum absolute atomic E-state index is 12.4. The minimum absolute atomic E-state index is 0.0158. The van der Waals surface area contributed by atoms with Crippen molar-refractivity contribution in [3.05, 3.63) is 76.6 Å². The molecule has 0 saturated carbocycles. The number of anilines is 1. The van der Waals surface area contributed by atoms with Crippen LogP contribution < -0.4 is 15.0 Å². The Morgan fingerprint density at radius 2 is 1.77 bits per heavy atom. The molecule has 0 bridgehead atoms. The third-order valence-electron chi connectivity index (χ3n) is 4.29. The number of carbonyl (C=O) groups excluding carboxylic acids is 2. The highest BCUT2D eigenvalue weighted by atomic mass is 16.6. The normalized spacial score (nSPS) is 10.6. The lowest BCUT2D eigenvalue weighted by atomic mass is 10.3. The monoisotopic (exact) mass is 423 g/mol. The van der Waals surface area contributed by atoms with Crippen molar-refractivity contribution in [3.63, 3.8) is 0 Å². The molecule has 31 heavy (non-hydrogen) atoms. The van der Waals surface area contributed by atoms with Crippen LogP contribution in [0.25, 0.3) is 5.69 Å². The van der Waals surface area contributed by atoms with Gasteiger partial charge in [-0.3, -0.25) is 15.0 Å². The highest BCUT2D eigenvalue weighted by Gasteiger charge is 2.15. The number of non-ortho nitro benzene ring substituents is 1. The fourth-order valence-corrected chi connectivity index (χ4v) is 2.66. The molecule has 0 unspecified atom stereocenters. The van der Waals surface area contributed by atoms with Gasteiger partial charge in [-0.2, -0.15) is 5.10 Å². The number of hydrogen-bond acceptors (Lipinski definition) is 6. The first-order valence-corrected chi connectivity index (χ1v) is 9.40. The van der Waals surface area contributed by atoms with E-state index in [1.54, 1.807) is 31.3 Å². The van der Waals surface area contributed by atoms with E-state index in [1.165, 1.54) is 46.2 Å². The Morgan fingerprint density at radius 3 is 2.35 bits per heavy atom. The van der Waals surface area contributed by atoms with Gasteiger partial charge in [0.15, 0.2) is 0 Å². The van der Waals surface area contributed by atoms with Crippen LogP contribution >= 0.6 is 0 Å². The van der Waals surface area contributed by atoms with Gasteiger partial charge in [-0.05, 0) is 50.2 Å². The fourth-order valence-electron chi connectivity index (χ4n) is 2.66. The van der Waals surface area contributed by atoms with Crippen LogP contribution in [0.2, 0.25) is 0 Å². The number of hydrogen-bond donors (Lipinski definition) is 1. The van der Waals surface area contributed by atoms with Gasteiger partial charge in [0, 0.05) is 37.1 Å². The van der Waals surface area contributed by atoms with E-state index >= 15 is 0 Å². The zero-order valence-corrected chi connectivity index (χ0v) is 17.2. The van der Waals surface area contributed by atoms with Crippen LogP contribution in [0.15, 0.2) is 60.9 Å². The maximum atomic E-state index is 12.4. The molecule has 1 aromatic heterocycles. The van der Waals surface area contributed by atoms with Crippen molar-refractivity contribution in [2.45, 2.75) is 19.9 Å². The topological polar surface area (TPSA) is 120 Å². The number of nitro groups is 1. The van der Waals surface area contributed by atoms with Crippen LogP contribution in [0.4, 0.5) is 16.2 Å². The Kier molecular flexibility index (Phi) is 6.29. The number of nitrogens with one attached hydrogen (secondary N) is 1. The molecule has 0 fully saturated rings. The van der Waals surface area contributed by atoms with Crippen molar-refractivity contribution in [1.82, 2.24) is 15.1 Å². The molecule has 0 atom stereocenters. The molecule has 0 aliphatic rings. The molecule has 0 saturated heterocycles. The van der Waals surface area contributed by atoms with E-state index in [4.69, 9.17) is 4.74 Å². The summed E-state index contributed by atoms with van der Waals surface area (Å²) < 4.78 is 6.78. The Hall–Kier alpha value is -4.21. The predicted octanol–water partition coefficient (Wildman–Crippen LogP) is 3.55. The van der Waals surface area contributed by atoms with Crippen LogP contribution in [-0.2, 0) is 0 Å². The van der Waals surface area contributed by atoms with Crippen LogP contribution in [0.1, 0.15) is 24.2 Å². The third kappa shape index (κ3) is 5.24. The van der Waals surface area contributed by atoms with Crippen molar-refractivity contribution in [3.8, 4) is 11.4 Å². The van der Waals surface area contributed by atoms with Gasteiger partial charge in [0.05, 0.1) is 22.4 Å². The van der Waals surface area contributed by atoms with Crippen LogP contribution in [0.3, 0.4) is 0 Å². The number of amides is 2. The Bertz CT molecular complexity index is 1090. The molecule has 10 nitrogen and oxygen atoms in total. The van der Waals surface area contributed by atoms with Gasteiger partial charge in [0.1, 0.15) is 5.75 Å². The van der Waals surface area contributed by atoms with Crippen molar-refractivity contribution < 1.29 is 19.2 Å². The van der Waals surface area contributed by atoms with E-state index in [9.17, 15) is 19.7 Å².